The van der Waals surface area contributed by atoms with Crippen LogP contribution in [0.1, 0.15) is 33.6 Å². The van der Waals surface area contributed by atoms with E-state index in [0.717, 1.165) is 6.42 Å². The smallest absolute Gasteiger partial charge is 0.223 e. The summed E-state index contributed by atoms with van der Waals surface area (Å²) < 4.78 is 15.9. The van der Waals surface area contributed by atoms with E-state index < -0.39 is 0 Å². The summed E-state index contributed by atoms with van der Waals surface area (Å²) in [6, 6.07) is 3.49. The molecule has 0 heterocycles. The molecule has 0 saturated carbocycles. The molecule has 0 aliphatic rings. The van der Waals surface area contributed by atoms with Gasteiger partial charge in [0, 0.05) is 38.1 Å². The van der Waals surface area contributed by atoms with Crippen molar-refractivity contribution in [2.24, 2.45) is 0 Å². The first-order valence-corrected chi connectivity index (χ1v) is 8.25. The summed E-state index contributed by atoms with van der Waals surface area (Å²) in [4.78, 5) is 25.6. The van der Waals surface area contributed by atoms with E-state index in [9.17, 15) is 9.59 Å². The molecule has 1 atom stereocenters. The Balaban J connectivity index is 3.03. The molecule has 1 unspecified atom stereocenters. The minimum Gasteiger partial charge on any atom is -0.493 e. The molecule has 7 heteroatoms. The Hall–Kier alpha value is -2.44. The molecule has 0 aliphatic heterocycles. The first-order chi connectivity index (χ1) is 11.9. The van der Waals surface area contributed by atoms with Gasteiger partial charge in [-0.25, -0.2) is 0 Å². The average molecular weight is 352 g/mol. The highest BCUT2D eigenvalue weighted by Gasteiger charge is 2.20. The molecule has 0 aliphatic carbocycles. The maximum absolute atomic E-state index is 12.1. The zero-order valence-electron chi connectivity index (χ0n) is 15.8. The van der Waals surface area contributed by atoms with Gasteiger partial charge in [0.25, 0.3) is 0 Å². The van der Waals surface area contributed by atoms with Gasteiger partial charge in [-0.2, -0.15) is 0 Å². The van der Waals surface area contributed by atoms with Gasteiger partial charge in [0.05, 0.1) is 27.0 Å². The zero-order valence-corrected chi connectivity index (χ0v) is 15.8. The van der Waals surface area contributed by atoms with Gasteiger partial charge < -0.3 is 24.4 Å². The fourth-order valence-electron chi connectivity index (χ4n) is 2.35. The average Bonchev–Trinajstić information content (AvgIpc) is 2.60. The molecule has 0 radical (unpaired) electrons. The predicted molar refractivity (Wildman–Crippen MR) is 96.6 cm³/mol. The van der Waals surface area contributed by atoms with Crippen molar-refractivity contribution in [1.29, 1.82) is 0 Å². The molecule has 7 nitrogen and oxygen atoms in total. The monoisotopic (exact) mass is 352 g/mol. The molecule has 0 aromatic heterocycles. The second kappa shape index (κ2) is 9.76. The van der Waals surface area contributed by atoms with Gasteiger partial charge in [-0.05, 0) is 13.3 Å². The molecule has 2 amide bonds. The third-order valence-corrected chi connectivity index (χ3v) is 3.92. The van der Waals surface area contributed by atoms with E-state index in [1.807, 2.05) is 13.8 Å². The van der Waals surface area contributed by atoms with Crippen LogP contribution in [0, 0.1) is 0 Å². The molecule has 0 spiro atoms. The van der Waals surface area contributed by atoms with E-state index in [1.165, 1.54) is 33.2 Å². The number of hydrogen-bond donors (Lipinski definition) is 1. The van der Waals surface area contributed by atoms with E-state index in [0.29, 0.717) is 22.9 Å². The largest absolute Gasteiger partial charge is 0.493 e. The highest BCUT2D eigenvalue weighted by molar-refractivity contribution is 5.93. The quantitative estimate of drug-likeness (QED) is 0.738. The topological polar surface area (TPSA) is 77.1 Å². The molecule has 0 bridgehead atoms. The summed E-state index contributed by atoms with van der Waals surface area (Å²) in [6.07, 6.45) is 1.07. The molecule has 0 saturated heterocycles. The molecule has 1 rings (SSSR count). The van der Waals surface area contributed by atoms with Crippen LogP contribution < -0.4 is 24.4 Å². The third-order valence-electron chi connectivity index (χ3n) is 3.92. The van der Waals surface area contributed by atoms with Crippen LogP contribution in [0.15, 0.2) is 12.1 Å². The van der Waals surface area contributed by atoms with Crippen molar-refractivity contribution < 1.29 is 23.8 Å². The van der Waals surface area contributed by atoms with Crippen LogP contribution in [0.25, 0.3) is 0 Å². The van der Waals surface area contributed by atoms with Crippen LogP contribution in [0.2, 0.25) is 0 Å². The number of rotatable bonds is 9. The van der Waals surface area contributed by atoms with Crippen molar-refractivity contribution in [1.82, 2.24) is 5.32 Å². The van der Waals surface area contributed by atoms with Gasteiger partial charge in [-0.15, -0.1) is 0 Å². The lowest BCUT2D eigenvalue weighted by molar-refractivity contribution is -0.121. The van der Waals surface area contributed by atoms with Crippen LogP contribution in [0.4, 0.5) is 5.69 Å². The van der Waals surface area contributed by atoms with Gasteiger partial charge in [-0.3, -0.25) is 9.59 Å². The van der Waals surface area contributed by atoms with Crippen molar-refractivity contribution in [2.75, 3.05) is 32.8 Å². The number of carbonyl (C=O) groups excluding carboxylic acids is 2. The fourth-order valence-corrected chi connectivity index (χ4v) is 2.35. The summed E-state index contributed by atoms with van der Waals surface area (Å²) in [5, 5.41) is 2.89. The number of hydrogen-bond acceptors (Lipinski definition) is 5. The van der Waals surface area contributed by atoms with Gasteiger partial charge in [-0.1, -0.05) is 6.92 Å². The summed E-state index contributed by atoms with van der Waals surface area (Å²) in [7, 11) is 4.54. The number of nitrogens with one attached hydrogen (secondary N) is 1. The maximum atomic E-state index is 12.1. The van der Waals surface area contributed by atoms with Crippen LogP contribution in [-0.4, -0.2) is 45.7 Å². The van der Waals surface area contributed by atoms with Crippen molar-refractivity contribution >= 4 is 17.5 Å². The van der Waals surface area contributed by atoms with Crippen LogP contribution in [0.5, 0.6) is 17.2 Å². The standard InChI is InChI=1S/C18H28N2O5/c1-7-12(2)19-17(22)8-9-20(13(3)21)14-10-15(23-4)18(25-6)16(11-14)24-5/h10-12H,7-9H2,1-6H3,(H,19,22). The van der Waals surface area contributed by atoms with Crippen molar-refractivity contribution in [2.45, 2.75) is 39.7 Å². The normalized spacial score (nSPS) is 11.4. The van der Waals surface area contributed by atoms with E-state index >= 15 is 0 Å². The van der Waals surface area contributed by atoms with Gasteiger partial charge in [0.1, 0.15) is 0 Å². The van der Waals surface area contributed by atoms with Gasteiger partial charge >= 0.3 is 0 Å². The number of benzene rings is 1. The number of nitrogens with zero attached hydrogens (tertiary/aromatic N) is 1. The van der Waals surface area contributed by atoms with Crippen LogP contribution in [0.3, 0.4) is 0 Å². The molecule has 140 valence electrons. The molecule has 0 fully saturated rings. The SMILES string of the molecule is CCC(C)NC(=O)CCN(C(C)=O)c1cc(OC)c(OC)c(OC)c1. The summed E-state index contributed by atoms with van der Waals surface area (Å²) in [5.41, 5.74) is 0.582. The maximum Gasteiger partial charge on any atom is 0.223 e. The van der Waals surface area contributed by atoms with Crippen LogP contribution in [-0.2, 0) is 9.59 Å². The highest BCUT2D eigenvalue weighted by atomic mass is 16.5. The summed E-state index contributed by atoms with van der Waals surface area (Å²) in [5.74, 6) is 1.09. The Labute approximate surface area is 149 Å². The Morgan fingerprint density at radius 2 is 1.68 bits per heavy atom. The van der Waals surface area contributed by atoms with E-state index in [-0.39, 0.29) is 30.8 Å². The number of anilines is 1. The zero-order chi connectivity index (χ0) is 19.0. The molecule has 1 aromatic carbocycles. The van der Waals surface area contributed by atoms with E-state index in [2.05, 4.69) is 5.32 Å². The Kier molecular flexibility index (Phi) is 8.04. The van der Waals surface area contributed by atoms with Gasteiger partial charge in [0.15, 0.2) is 11.5 Å². The Bertz CT molecular complexity index is 578. The lowest BCUT2D eigenvalue weighted by Gasteiger charge is -2.23. The minimum atomic E-state index is -0.175. The second-order valence-corrected chi connectivity index (χ2v) is 5.68. The Morgan fingerprint density at radius 1 is 1.12 bits per heavy atom. The molecule has 1 N–H and O–H groups in total. The fraction of sp³-hybridized carbons (Fsp3) is 0.556. The highest BCUT2D eigenvalue weighted by Crippen LogP contribution is 2.41. The van der Waals surface area contributed by atoms with Crippen LogP contribution >= 0.6 is 0 Å². The van der Waals surface area contributed by atoms with E-state index in [1.54, 1.807) is 12.1 Å². The minimum absolute atomic E-state index is 0.0898. The Morgan fingerprint density at radius 3 is 2.08 bits per heavy atom. The lowest BCUT2D eigenvalue weighted by Crippen LogP contribution is -2.36. The predicted octanol–water partition coefficient (Wildman–Crippen LogP) is 2.37. The summed E-state index contributed by atoms with van der Waals surface area (Å²) >= 11 is 0. The lowest BCUT2D eigenvalue weighted by atomic mass is 10.2. The van der Waals surface area contributed by atoms with E-state index in [4.69, 9.17) is 14.2 Å². The molecule has 25 heavy (non-hydrogen) atoms. The molecular formula is C18H28N2O5. The van der Waals surface area contributed by atoms with Crippen molar-refractivity contribution in [3.63, 3.8) is 0 Å². The number of carbonyl (C=O) groups is 2. The number of ether oxygens (including phenoxy) is 3. The first kappa shape index (κ1) is 20.6. The van der Waals surface area contributed by atoms with Crippen molar-refractivity contribution in [3.05, 3.63) is 12.1 Å². The molecule has 1 aromatic rings. The number of amides is 2. The second-order valence-electron chi connectivity index (χ2n) is 5.68. The molecular weight excluding hydrogens is 324 g/mol. The number of methoxy groups -OCH3 is 3. The first-order valence-electron chi connectivity index (χ1n) is 8.25. The van der Waals surface area contributed by atoms with Crippen molar-refractivity contribution in [3.8, 4) is 17.2 Å². The summed E-state index contributed by atoms with van der Waals surface area (Å²) in [6.45, 7) is 5.66. The van der Waals surface area contributed by atoms with Gasteiger partial charge in [0.2, 0.25) is 17.6 Å². The third kappa shape index (κ3) is 5.55.